The number of ether oxygens (including phenoxy) is 2. The van der Waals surface area contributed by atoms with Gasteiger partial charge in [0.1, 0.15) is 0 Å². The first-order valence-corrected chi connectivity index (χ1v) is 10.1. The van der Waals surface area contributed by atoms with Gasteiger partial charge in [-0.3, -0.25) is 9.78 Å². The van der Waals surface area contributed by atoms with Crippen LogP contribution in [0, 0.1) is 0 Å². The Kier molecular flexibility index (Phi) is 6.44. The van der Waals surface area contributed by atoms with E-state index in [0.29, 0.717) is 22.3 Å². The number of nitrogens with zero attached hydrogens (tertiary/aromatic N) is 3. The zero-order valence-electron chi connectivity index (χ0n) is 18.0. The number of hydrogen-bond acceptors (Lipinski definition) is 5. The van der Waals surface area contributed by atoms with E-state index in [4.69, 9.17) is 4.74 Å². The van der Waals surface area contributed by atoms with Crippen LogP contribution in [0.3, 0.4) is 0 Å². The Labute approximate surface area is 189 Å². The third-order valence-corrected chi connectivity index (χ3v) is 5.11. The second-order valence-corrected chi connectivity index (χ2v) is 7.34. The SMILES string of the molecule is COc1ccc(CN(C)C(=O)c2cc(-c3cccnc3)nc3ccccc23)cc1OC(F)F. The molecule has 0 saturated heterocycles. The molecule has 4 aromatic rings. The second-order valence-electron chi connectivity index (χ2n) is 7.34. The molecule has 0 unspecified atom stereocenters. The zero-order chi connectivity index (χ0) is 23.4. The molecule has 2 aromatic heterocycles. The van der Waals surface area contributed by atoms with Crippen LogP contribution in [0.4, 0.5) is 8.78 Å². The monoisotopic (exact) mass is 449 g/mol. The van der Waals surface area contributed by atoms with Crippen LogP contribution in [0.2, 0.25) is 0 Å². The Morgan fingerprint density at radius 1 is 1.06 bits per heavy atom. The number of pyridine rings is 2. The highest BCUT2D eigenvalue weighted by molar-refractivity contribution is 6.07. The maximum atomic E-state index is 13.4. The molecule has 6 nitrogen and oxygen atoms in total. The molecule has 0 radical (unpaired) electrons. The van der Waals surface area contributed by atoms with Crippen molar-refractivity contribution in [1.29, 1.82) is 0 Å². The predicted octanol–water partition coefficient (Wildman–Crippen LogP) is 5.18. The molecule has 0 N–H and O–H groups in total. The number of para-hydroxylation sites is 1. The van der Waals surface area contributed by atoms with Crippen LogP contribution >= 0.6 is 0 Å². The Hall–Kier alpha value is -4.07. The van der Waals surface area contributed by atoms with E-state index in [1.165, 1.54) is 24.1 Å². The molecule has 2 aromatic carbocycles. The molecule has 0 fully saturated rings. The first-order valence-electron chi connectivity index (χ1n) is 10.1. The standard InChI is InChI=1S/C25H21F2N3O3/c1-30(15-16-9-10-22(32-2)23(12-16)33-25(26)27)24(31)19-13-21(17-6-5-11-28-14-17)29-20-8-4-3-7-18(19)20/h3-14,25H,15H2,1-2H3. The van der Waals surface area contributed by atoms with E-state index in [-0.39, 0.29) is 24.0 Å². The molecule has 0 bridgehead atoms. The van der Waals surface area contributed by atoms with Gasteiger partial charge in [-0.15, -0.1) is 0 Å². The summed E-state index contributed by atoms with van der Waals surface area (Å²) in [5, 5.41) is 0.721. The second kappa shape index (κ2) is 9.60. The molecular formula is C25H21F2N3O3. The molecule has 0 atom stereocenters. The number of methoxy groups -OCH3 is 1. The molecule has 0 spiro atoms. The van der Waals surface area contributed by atoms with Crippen LogP contribution in [0.15, 0.2) is 73.1 Å². The summed E-state index contributed by atoms with van der Waals surface area (Å²) in [6, 6.07) is 17.5. The molecule has 4 rings (SSSR count). The molecule has 168 valence electrons. The van der Waals surface area contributed by atoms with Crippen molar-refractivity contribution in [2.75, 3.05) is 14.2 Å². The van der Waals surface area contributed by atoms with Gasteiger partial charge < -0.3 is 14.4 Å². The summed E-state index contributed by atoms with van der Waals surface area (Å²) in [4.78, 5) is 23.8. The highest BCUT2D eigenvalue weighted by Crippen LogP contribution is 2.30. The van der Waals surface area contributed by atoms with Crippen molar-refractivity contribution in [1.82, 2.24) is 14.9 Å². The number of aromatic nitrogens is 2. The average molecular weight is 449 g/mol. The summed E-state index contributed by atoms with van der Waals surface area (Å²) in [7, 11) is 3.02. The maximum Gasteiger partial charge on any atom is 0.387 e. The van der Waals surface area contributed by atoms with Crippen molar-refractivity contribution in [2.24, 2.45) is 0 Å². The van der Waals surface area contributed by atoms with Crippen LogP contribution in [0.1, 0.15) is 15.9 Å². The molecule has 0 aliphatic rings. The van der Waals surface area contributed by atoms with Gasteiger partial charge in [0.2, 0.25) is 0 Å². The number of carbonyl (C=O) groups excluding carboxylic acids is 1. The van der Waals surface area contributed by atoms with Crippen LogP contribution in [-0.4, -0.2) is 41.5 Å². The maximum absolute atomic E-state index is 13.4. The largest absolute Gasteiger partial charge is 0.493 e. The van der Waals surface area contributed by atoms with Gasteiger partial charge in [-0.2, -0.15) is 8.78 Å². The van der Waals surface area contributed by atoms with Gasteiger partial charge in [0, 0.05) is 36.9 Å². The lowest BCUT2D eigenvalue weighted by Gasteiger charge is -2.20. The topological polar surface area (TPSA) is 64.5 Å². The van der Waals surface area contributed by atoms with Gasteiger partial charge in [-0.05, 0) is 42.0 Å². The van der Waals surface area contributed by atoms with Crippen LogP contribution < -0.4 is 9.47 Å². The van der Waals surface area contributed by atoms with Crippen LogP contribution in [0.5, 0.6) is 11.5 Å². The van der Waals surface area contributed by atoms with Crippen molar-refractivity contribution in [3.05, 3.63) is 84.2 Å². The van der Waals surface area contributed by atoms with E-state index in [1.54, 1.807) is 31.6 Å². The fraction of sp³-hybridized carbons (Fsp3) is 0.160. The van der Waals surface area contributed by atoms with Crippen molar-refractivity contribution >= 4 is 16.8 Å². The third kappa shape index (κ3) is 4.90. The number of rotatable bonds is 7. The fourth-order valence-electron chi connectivity index (χ4n) is 3.57. The number of benzene rings is 2. The highest BCUT2D eigenvalue weighted by atomic mass is 19.3. The summed E-state index contributed by atoms with van der Waals surface area (Å²) in [5.41, 5.74) is 3.22. The number of alkyl halides is 2. The molecule has 0 aliphatic heterocycles. The molecular weight excluding hydrogens is 428 g/mol. The smallest absolute Gasteiger partial charge is 0.387 e. The number of halogens is 2. The van der Waals surface area contributed by atoms with Gasteiger partial charge >= 0.3 is 6.61 Å². The summed E-state index contributed by atoms with van der Waals surface area (Å²) in [6.07, 6.45) is 3.36. The molecule has 0 saturated carbocycles. The van der Waals surface area contributed by atoms with Gasteiger partial charge in [0.15, 0.2) is 11.5 Å². The van der Waals surface area contributed by atoms with Gasteiger partial charge in [0.25, 0.3) is 5.91 Å². The van der Waals surface area contributed by atoms with Crippen molar-refractivity contribution in [2.45, 2.75) is 13.2 Å². The number of carbonyl (C=O) groups is 1. The number of fused-ring (bicyclic) bond motifs is 1. The van der Waals surface area contributed by atoms with E-state index >= 15 is 0 Å². The van der Waals surface area contributed by atoms with E-state index in [9.17, 15) is 13.6 Å². The summed E-state index contributed by atoms with van der Waals surface area (Å²) in [5.74, 6) is -0.126. The molecule has 0 aliphatic carbocycles. The minimum atomic E-state index is -2.98. The molecule has 33 heavy (non-hydrogen) atoms. The van der Waals surface area contributed by atoms with E-state index in [0.717, 1.165) is 10.9 Å². The lowest BCUT2D eigenvalue weighted by Crippen LogP contribution is -2.26. The number of amides is 1. The first-order chi connectivity index (χ1) is 16.0. The van der Waals surface area contributed by atoms with E-state index in [1.807, 2.05) is 36.4 Å². The zero-order valence-corrected chi connectivity index (χ0v) is 18.0. The summed E-state index contributed by atoms with van der Waals surface area (Å²) < 4.78 is 35.1. The summed E-state index contributed by atoms with van der Waals surface area (Å²) >= 11 is 0. The molecule has 1 amide bonds. The van der Waals surface area contributed by atoms with Crippen LogP contribution in [0.25, 0.3) is 22.2 Å². The lowest BCUT2D eigenvalue weighted by atomic mass is 10.0. The van der Waals surface area contributed by atoms with Crippen LogP contribution in [-0.2, 0) is 6.54 Å². The third-order valence-electron chi connectivity index (χ3n) is 5.11. The average Bonchev–Trinajstić information content (AvgIpc) is 2.83. The minimum absolute atomic E-state index is 0.0842. The molecule has 2 heterocycles. The van der Waals surface area contributed by atoms with Crippen molar-refractivity contribution < 1.29 is 23.0 Å². The minimum Gasteiger partial charge on any atom is -0.493 e. The van der Waals surface area contributed by atoms with Crippen molar-refractivity contribution in [3.8, 4) is 22.8 Å². The van der Waals surface area contributed by atoms with Gasteiger partial charge in [0.05, 0.1) is 23.9 Å². The Bertz CT molecular complexity index is 1280. The van der Waals surface area contributed by atoms with E-state index in [2.05, 4.69) is 14.7 Å². The Morgan fingerprint density at radius 3 is 2.61 bits per heavy atom. The Balaban J connectivity index is 1.67. The molecule has 8 heteroatoms. The first kappa shape index (κ1) is 22.1. The normalized spacial score (nSPS) is 10.9. The summed E-state index contributed by atoms with van der Waals surface area (Å²) in [6.45, 7) is -2.80. The lowest BCUT2D eigenvalue weighted by molar-refractivity contribution is -0.0512. The number of hydrogen-bond donors (Lipinski definition) is 0. The fourth-order valence-corrected chi connectivity index (χ4v) is 3.57. The van der Waals surface area contributed by atoms with E-state index < -0.39 is 6.61 Å². The quantitative estimate of drug-likeness (QED) is 0.389. The van der Waals surface area contributed by atoms with Crippen molar-refractivity contribution in [3.63, 3.8) is 0 Å². The van der Waals surface area contributed by atoms with Gasteiger partial charge in [-0.1, -0.05) is 24.3 Å². The van der Waals surface area contributed by atoms with Gasteiger partial charge in [-0.25, -0.2) is 4.98 Å². The highest BCUT2D eigenvalue weighted by Gasteiger charge is 2.19. The Morgan fingerprint density at radius 2 is 1.88 bits per heavy atom. The predicted molar refractivity (Wildman–Crippen MR) is 120 cm³/mol.